The Labute approximate surface area is 76.7 Å². The molecule has 2 heterocycles. The topological polar surface area (TPSA) is 66.1 Å². The molecule has 2 rings (SSSR count). The van der Waals surface area contributed by atoms with Gasteiger partial charge in [-0.15, -0.1) is 0 Å². The van der Waals surface area contributed by atoms with E-state index in [-0.39, 0.29) is 10.3 Å². The van der Waals surface area contributed by atoms with Crippen molar-refractivity contribution in [2.45, 2.75) is 10.3 Å². The molecule has 1 aromatic rings. The van der Waals surface area contributed by atoms with Crippen molar-refractivity contribution in [2.24, 2.45) is 0 Å². The van der Waals surface area contributed by atoms with Crippen molar-refractivity contribution >= 4 is 9.84 Å². The smallest absolute Gasteiger partial charge is 0.202 e. The summed E-state index contributed by atoms with van der Waals surface area (Å²) in [7, 11) is -1.28. The van der Waals surface area contributed by atoms with Gasteiger partial charge in [0.25, 0.3) is 0 Å². The van der Waals surface area contributed by atoms with Crippen molar-refractivity contribution in [2.75, 3.05) is 20.1 Å². The molecule has 0 aliphatic carbocycles. The van der Waals surface area contributed by atoms with Gasteiger partial charge < -0.3 is 9.88 Å². The maximum absolute atomic E-state index is 11.7. The first-order valence-electron chi connectivity index (χ1n) is 4.02. The van der Waals surface area contributed by atoms with E-state index in [2.05, 4.69) is 9.97 Å². The Morgan fingerprint density at radius 2 is 2.31 bits per heavy atom. The van der Waals surface area contributed by atoms with Crippen LogP contribution in [-0.4, -0.2) is 48.7 Å². The maximum Gasteiger partial charge on any atom is 0.202 e. The number of likely N-dealkylation sites (tertiary alicyclic amines) is 1. The van der Waals surface area contributed by atoms with Gasteiger partial charge in [-0.1, -0.05) is 0 Å². The molecule has 0 unspecified atom stereocenters. The zero-order valence-corrected chi connectivity index (χ0v) is 8.08. The highest BCUT2D eigenvalue weighted by molar-refractivity contribution is 7.92. The number of hydrogen-bond donors (Lipinski definition) is 1. The normalized spacial score (nSPS) is 20.1. The maximum atomic E-state index is 11.7. The minimum atomic E-state index is -3.18. The van der Waals surface area contributed by atoms with Gasteiger partial charge in [0.05, 0.1) is 11.6 Å². The highest BCUT2D eigenvalue weighted by Crippen LogP contribution is 2.20. The van der Waals surface area contributed by atoms with Crippen LogP contribution in [0, 0.1) is 0 Å². The Kier molecular flexibility index (Phi) is 1.88. The first kappa shape index (κ1) is 8.71. The lowest BCUT2D eigenvalue weighted by Gasteiger charge is -2.34. The number of imidazole rings is 1. The first-order chi connectivity index (χ1) is 6.10. The van der Waals surface area contributed by atoms with Crippen molar-refractivity contribution in [1.82, 2.24) is 14.9 Å². The van der Waals surface area contributed by atoms with Crippen molar-refractivity contribution in [1.29, 1.82) is 0 Å². The van der Waals surface area contributed by atoms with E-state index in [0.29, 0.717) is 13.1 Å². The summed E-state index contributed by atoms with van der Waals surface area (Å²) in [6, 6.07) is 0. The number of nitrogens with one attached hydrogen (secondary N) is 1. The molecule has 5 nitrogen and oxygen atoms in total. The van der Waals surface area contributed by atoms with Gasteiger partial charge >= 0.3 is 0 Å². The van der Waals surface area contributed by atoms with Gasteiger partial charge in [-0.25, -0.2) is 13.4 Å². The van der Waals surface area contributed by atoms with Crippen LogP contribution in [0.3, 0.4) is 0 Å². The Hall–Kier alpha value is -0.880. The molecule has 0 bridgehead atoms. The minimum Gasteiger partial charge on any atom is -0.350 e. The van der Waals surface area contributed by atoms with Crippen molar-refractivity contribution in [3.05, 3.63) is 12.5 Å². The summed E-state index contributed by atoms with van der Waals surface area (Å²) >= 11 is 0. The minimum absolute atomic E-state index is 0.158. The van der Waals surface area contributed by atoms with Gasteiger partial charge in [0.1, 0.15) is 0 Å². The van der Waals surface area contributed by atoms with Crippen LogP contribution in [0.2, 0.25) is 0 Å². The molecule has 0 atom stereocenters. The van der Waals surface area contributed by atoms with Crippen LogP contribution in [0.5, 0.6) is 0 Å². The lowest BCUT2D eigenvalue weighted by molar-refractivity contribution is 0.231. The van der Waals surface area contributed by atoms with Gasteiger partial charge in [-0.3, -0.25) is 0 Å². The predicted molar refractivity (Wildman–Crippen MR) is 47.1 cm³/mol. The van der Waals surface area contributed by atoms with Crippen molar-refractivity contribution in [3.63, 3.8) is 0 Å². The van der Waals surface area contributed by atoms with E-state index >= 15 is 0 Å². The first-order valence-corrected chi connectivity index (χ1v) is 5.56. The van der Waals surface area contributed by atoms with Crippen LogP contribution in [-0.2, 0) is 9.84 Å². The van der Waals surface area contributed by atoms with E-state index in [1.54, 1.807) is 0 Å². The number of rotatable bonds is 2. The molecule has 6 heteroatoms. The molecule has 0 radical (unpaired) electrons. The fraction of sp³-hybridized carbons (Fsp3) is 0.571. The van der Waals surface area contributed by atoms with Gasteiger partial charge in [-0.05, 0) is 7.05 Å². The predicted octanol–water partition coefficient (Wildman–Crippen LogP) is -0.503. The molecule has 1 N–H and O–H groups in total. The molecule has 1 aliphatic heterocycles. The highest BCUT2D eigenvalue weighted by Gasteiger charge is 2.37. The number of sulfone groups is 1. The molecule has 1 aliphatic rings. The van der Waals surface area contributed by atoms with E-state index in [4.69, 9.17) is 0 Å². The average molecular weight is 201 g/mol. The second kappa shape index (κ2) is 2.81. The molecule has 0 aromatic carbocycles. The van der Waals surface area contributed by atoms with E-state index in [0.717, 1.165) is 0 Å². The Balaban J connectivity index is 2.23. The lowest BCUT2D eigenvalue weighted by atomic mass is 10.2. The second-order valence-corrected chi connectivity index (χ2v) is 5.47. The standard InChI is InChI=1S/C7H11N3O2S/c1-10-3-6(4-10)13(11,12)7-2-8-5-9-7/h2,5-6H,3-4H2,1H3,(H,8,9). The highest BCUT2D eigenvalue weighted by atomic mass is 32.2. The summed E-state index contributed by atoms with van der Waals surface area (Å²) in [6.45, 7) is 1.21. The Morgan fingerprint density at radius 3 is 2.77 bits per heavy atom. The van der Waals surface area contributed by atoms with Crippen LogP contribution in [0.1, 0.15) is 0 Å². The largest absolute Gasteiger partial charge is 0.350 e. The fourth-order valence-electron chi connectivity index (χ4n) is 1.41. The molecule has 1 fully saturated rings. The number of nitrogens with zero attached hydrogens (tertiary/aromatic N) is 2. The third-order valence-corrected chi connectivity index (χ3v) is 4.22. The quantitative estimate of drug-likeness (QED) is 0.700. The summed E-state index contributed by atoms with van der Waals surface area (Å²) < 4.78 is 23.4. The van der Waals surface area contributed by atoms with Crippen LogP contribution >= 0.6 is 0 Å². The van der Waals surface area contributed by atoms with Crippen LogP contribution < -0.4 is 0 Å². The molecule has 13 heavy (non-hydrogen) atoms. The Bertz CT molecular complexity index is 378. The molecule has 0 spiro atoms. The SMILES string of the molecule is CN1CC(S(=O)(=O)c2c[nH]cn2)C1. The molecule has 0 amide bonds. The third kappa shape index (κ3) is 1.36. The zero-order valence-electron chi connectivity index (χ0n) is 7.27. The number of hydrogen-bond acceptors (Lipinski definition) is 4. The second-order valence-electron chi connectivity index (χ2n) is 3.30. The van der Waals surface area contributed by atoms with Gasteiger partial charge in [0.2, 0.25) is 9.84 Å². The lowest BCUT2D eigenvalue weighted by Crippen LogP contribution is -2.52. The monoisotopic (exact) mass is 201 g/mol. The zero-order chi connectivity index (χ0) is 9.47. The fourth-order valence-corrected chi connectivity index (χ4v) is 3.09. The van der Waals surface area contributed by atoms with E-state index in [1.807, 2.05) is 11.9 Å². The summed E-state index contributed by atoms with van der Waals surface area (Å²) in [4.78, 5) is 8.37. The molecule has 1 aromatic heterocycles. The third-order valence-electron chi connectivity index (χ3n) is 2.23. The van der Waals surface area contributed by atoms with Gasteiger partial charge in [-0.2, -0.15) is 0 Å². The Morgan fingerprint density at radius 1 is 1.62 bits per heavy atom. The van der Waals surface area contributed by atoms with E-state index < -0.39 is 9.84 Å². The molecule has 1 saturated heterocycles. The van der Waals surface area contributed by atoms with Crippen molar-refractivity contribution in [3.8, 4) is 0 Å². The molecule has 0 saturated carbocycles. The van der Waals surface area contributed by atoms with Crippen LogP contribution in [0.15, 0.2) is 17.6 Å². The van der Waals surface area contributed by atoms with E-state index in [1.165, 1.54) is 12.5 Å². The molecule has 72 valence electrons. The summed E-state index contributed by atoms with van der Waals surface area (Å²) in [5.41, 5.74) is 0. The van der Waals surface area contributed by atoms with Crippen molar-refractivity contribution < 1.29 is 8.42 Å². The summed E-state index contributed by atoms with van der Waals surface area (Å²) in [5.74, 6) is 0. The number of H-pyrrole nitrogens is 1. The average Bonchev–Trinajstić information content (AvgIpc) is 2.50. The summed E-state index contributed by atoms with van der Waals surface area (Å²) in [6.07, 6.45) is 2.81. The van der Waals surface area contributed by atoms with Gasteiger partial charge in [0.15, 0.2) is 5.03 Å². The molecular weight excluding hydrogens is 190 g/mol. The molecular formula is C7H11N3O2S. The van der Waals surface area contributed by atoms with Crippen LogP contribution in [0.25, 0.3) is 0 Å². The van der Waals surface area contributed by atoms with Crippen LogP contribution in [0.4, 0.5) is 0 Å². The van der Waals surface area contributed by atoms with E-state index in [9.17, 15) is 8.42 Å². The summed E-state index contributed by atoms with van der Waals surface area (Å²) in [5, 5.41) is -0.119. The number of aromatic amines is 1. The number of aromatic nitrogens is 2. The van der Waals surface area contributed by atoms with Gasteiger partial charge in [0, 0.05) is 19.3 Å².